The number of nitrogens with zero attached hydrogens (tertiary/aromatic N) is 1. The number of fused-ring (bicyclic) bond motifs is 1. The number of hydrogen-bond donors (Lipinski definition) is 1. The van der Waals surface area contributed by atoms with Crippen molar-refractivity contribution in [1.82, 2.24) is 4.98 Å². The summed E-state index contributed by atoms with van der Waals surface area (Å²) in [6.07, 6.45) is 1.96. The van der Waals surface area contributed by atoms with Crippen LogP contribution in [0.3, 0.4) is 0 Å². The minimum Gasteiger partial charge on any atom is -0.454 e. The fraction of sp³-hybridized carbons (Fsp3) is 0.375. The van der Waals surface area contributed by atoms with Crippen molar-refractivity contribution in [3.8, 4) is 11.5 Å². The van der Waals surface area contributed by atoms with Crippen LogP contribution in [-0.4, -0.2) is 17.7 Å². The lowest BCUT2D eigenvalue weighted by molar-refractivity contribution is -0.116. The summed E-state index contributed by atoms with van der Waals surface area (Å²) in [5.74, 6) is 1.49. The van der Waals surface area contributed by atoms with Gasteiger partial charge in [-0.15, -0.1) is 11.3 Å². The Bertz CT molecular complexity index is 697. The number of hydrogen-bond acceptors (Lipinski definition) is 5. The van der Waals surface area contributed by atoms with E-state index in [0.29, 0.717) is 18.0 Å². The van der Waals surface area contributed by atoms with Crippen molar-refractivity contribution >= 4 is 22.4 Å². The molecule has 1 aromatic carbocycles. The molecule has 1 aliphatic rings. The van der Waals surface area contributed by atoms with Crippen LogP contribution >= 0.6 is 11.3 Å². The number of carbonyl (C=O) groups excluding carboxylic acids is 1. The molecule has 0 aliphatic carbocycles. The second kappa shape index (κ2) is 6.36. The van der Waals surface area contributed by atoms with E-state index in [2.05, 4.69) is 17.2 Å². The van der Waals surface area contributed by atoms with Crippen LogP contribution in [0.4, 0.5) is 5.13 Å². The fourth-order valence-electron chi connectivity index (χ4n) is 2.35. The Morgan fingerprint density at radius 3 is 2.95 bits per heavy atom. The molecule has 5 nitrogen and oxygen atoms in total. The van der Waals surface area contributed by atoms with Crippen molar-refractivity contribution in [2.75, 3.05) is 12.1 Å². The van der Waals surface area contributed by atoms with Crippen LogP contribution in [0.2, 0.25) is 0 Å². The molecule has 1 amide bonds. The van der Waals surface area contributed by atoms with E-state index in [9.17, 15) is 4.79 Å². The number of rotatable bonds is 5. The molecule has 6 heteroatoms. The molecule has 1 N–H and O–H groups in total. The molecule has 2 aromatic rings. The molecule has 2 heterocycles. The zero-order valence-corrected chi connectivity index (χ0v) is 13.5. The highest BCUT2D eigenvalue weighted by Crippen LogP contribution is 2.32. The third-order valence-corrected chi connectivity index (χ3v) is 4.48. The lowest BCUT2D eigenvalue weighted by Gasteiger charge is -2.03. The van der Waals surface area contributed by atoms with Crippen LogP contribution in [0.1, 0.15) is 29.5 Å². The molecule has 0 radical (unpaired) electrons. The number of benzene rings is 1. The van der Waals surface area contributed by atoms with E-state index in [4.69, 9.17) is 9.47 Å². The summed E-state index contributed by atoms with van der Waals surface area (Å²) in [5.41, 5.74) is 2.11. The third-order valence-electron chi connectivity index (χ3n) is 3.55. The first-order valence-corrected chi connectivity index (χ1v) is 8.12. The van der Waals surface area contributed by atoms with Gasteiger partial charge in [0.1, 0.15) is 0 Å². The maximum Gasteiger partial charge on any atom is 0.231 e. The average molecular weight is 318 g/mol. The van der Waals surface area contributed by atoms with Gasteiger partial charge in [0.2, 0.25) is 12.7 Å². The largest absolute Gasteiger partial charge is 0.454 e. The summed E-state index contributed by atoms with van der Waals surface area (Å²) in [5, 5.41) is 3.56. The zero-order valence-electron chi connectivity index (χ0n) is 12.6. The Balaban J connectivity index is 1.55. The summed E-state index contributed by atoms with van der Waals surface area (Å²) in [6, 6.07) is 5.77. The van der Waals surface area contributed by atoms with E-state index in [0.717, 1.165) is 34.1 Å². The smallest absolute Gasteiger partial charge is 0.231 e. The summed E-state index contributed by atoms with van der Waals surface area (Å²) >= 11 is 1.53. The first-order chi connectivity index (χ1) is 10.7. The Labute approximate surface area is 133 Å². The molecule has 0 bridgehead atoms. The van der Waals surface area contributed by atoms with Gasteiger partial charge in [0.25, 0.3) is 0 Å². The third kappa shape index (κ3) is 3.22. The van der Waals surface area contributed by atoms with E-state index in [1.54, 1.807) is 0 Å². The number of anilines is 1. The van der Waals surface area contributed by atoms with E-state index in [1.807, 2.05) is 25.1 Å². The maximum absolute atomic E-state index is 12.0. The number of nitrogens with one attached hydrogen (secondary N) is 1. The van der Waals surface area contributed by atoms with Crippen LogP contribution in [-0.2, 0) is 17.6 Å². The topological polar surface area (TPSA) is 60.5 Å². The van der Waals surface area contributed by atoms with Gasteiger partial charge in [-0.05, 0) is 37.5 Å². The Morgan fingerprint density at radius 2 is 2.18 bits per heavy atom. The predicted molar refractivity (Wildman–Crippen MR) is 85.7 cm³/mol. The fourth-order valence-corrected chi connectivity index (χ4v) is 3.26. The predicted octanol–water partition coefficient (Wildman–Crippen LogP) is 3.31. The lowest BCUT2D eigenvalue weighted by atomic mass is 10.1. The van der Waals surface area contributed by atoms with Gasteiger partial charge in [0.05, 0.1) is 5.69 Å². The standard InChI is InChI=1S/C16H18N2O3S/c1-3-12-10(2)22-16(17-12)18-15(19)7-5-11-4-6-13-14(8-11)21-9-20-13/h4,6,8H,3,5,7,9H2,1-2H3,(H,17,18,19). The number of aryl methyl sites for hydroxylation is 3. The summed E-state index contributed by atoms with van der Waals surface area (Å²) in [7, 11) is 0. The van der Waals surface area contributed by atoms with E-state index >= 15 is 0 Å². The second-order valence-corrected chi connectivity index (χ2v) is 6.31. The van der Waals surface area contributed by atoms with Gasteiger partial charge in [0.15, 0.2) is 16.6 Å². The van der Waals surface area contributed by atoms with E-state index in [1.165, 1.54) is 11.3 Å². The molecule has 3 rings (SSSR count). The zero-order chi connectivity index (χ0) is 15.5. The number of amides is 1. The molecule has 0 saturated carbocycles. The number of carbonyl (C=O) groups is 1. The lowest BCUT2D eigenvalue weighted by Crippen LogP contribution is -2.12. The molecule has 0 atom stereocenters. The van der Waals surface area contributed by atoms with Gasteiger partial charge in [-0.25, -0.2) is 4.98 Å². The van der Waals surface area contributed by atoms with Crippen LogP contribution in [0.5, 0.6) is 11.5 Å². The first-order valence-electron chi connectivity index (χ1n) is 7.30. The molecule has 0 fully saturated rings. The van der Waals surface area contributed by atoms with Crippen molar-refractivity contribution in [2.24, 2.45) is 0 Å². The Morgan fingerprint density at radius 1 is 1.36 bits per heavy atom. The van der Waals surface area contributed by atoms with Crippen molar-refractivity contribution in [2.45, 2.75) is 33.1 Å². The molecule has 0 spiro atoms. The highest BCUT2D eigenvalue weighted by atomic mass is 32.1. The monoisotopic (exact) mass is 318 g/mol. The minimum absolute atomic E-state index is 0.0194. The molecule has 1 aliphatic heterocycles. The molecule has 22 heavy (non-hydrogen) atoms. The van der Waals surface area contributed by atoms with E-state index in [-0.39, 0.29) is 12.7 Å². The average Bonchev–Trinajstić information content (AvgIpc) is 3.10. The van der Waals surface area contributed by atoms with E-state index < -0.39 is 0 Å². The highest BCUT2D eigenvalue weighted by Gasteiger charge is 2.14. The SMILES string of the molecule is CCc1nc(NC(=O)CCc2ccc3c(c2)OCO3)sc1C. The number of thiazole rings is 1. The van der Waals surface area contributed by atoms with Gasteiger partial charge in [0, 0.05) is 11.3 Å². The summed E-state index contributed by atoms with van der Waals surface area (Å²) in [4.78, 5) is 17.6. The minimum atomic E-state index is -0.0194. The highest BCUT2D eigenvalue weighted by molar-refractivity contribution is 7.15. The molecular weight excluding hydrogens is 300 g/mol. The van der Waals surface area contributed by atoms with Crippen molar-refractivity contribution in [1.29, 1.82) is 0 Å². The maximum atomic E-state index is 12.0. The first kappa shape index (κ1) is 14.8. The quantitative estimate of drug-likeness (QED) is 0.919. The second-order valence-electron chi connectivity index (χ2n) is 5.11. The van der Waals surface area contributed by atoms with Crippen LogP contribution < -0.4 is 14.8 Å². The molecule has 0 unspecified atom stereocenters. The van der Waals surface area contributed by atoms with Crippen molar-refractivity contribution in [3.63, 3.8) is 0 Å². The number of aromatic nitrogens is 1. The summed E-state index contributed by atoms with van der Waals surface area (Å²) in [6.45, 7) is 4.36. The van der Waals surface area contributed by atoms with Crippen molar-refractivity contribution < 1.29 is 14.3 Å². The summed E-state index contributed by atoms with van der Waals surface area (Å²) < 4.78 is 10.6. The van der Waals surface area contributed by atoms with Gasteiger partial charge in [-0.1, -0.05) is 13.0 Å². The molecule has 1 aromatic heterocycles. The normalized spacial score (nSPS) is 12.5. The molecular formula is C16H18N2O3S. The van der Waals surface area contributed by atoms with Crippen LogP contribution in [0.25, 0.3) is 0 Å². The van der Waals surface area contributed by atoms with Gasteiger partial charge >= 0.3 is 0 Å². The Kier molecular flexibility index (Phi) is 4.29. The molecule has 116 valence electrons. The van der Waals surface area contributed by atoms with Gasteiger partial charge < -0.3 is 14.8 Å². The number of ether oxygens (including phenoxy) is 2. The van der Waals surface area contributed by atoms with Crippen LogP contribution in [0, 0.1) is 6.92 Å². The van der Waals surface area contributed by atoms with Gasteiger partial charge in [-0.3, -0.25) is 4.79 Å². The van der Waals surface area contributed by atoms with Crippen LogP contribution in [0.15, 0.2) is 18.2 Å². The van der Waals surface area contributed by atoms with Crippen molar-refractivity contribution in [3.05, 3.63) is 34.3 Å². The molecule has 0 saturated heterocycles. The Hall–Kier alpha value is -2.08. The van der Waals surface area contributed by atoms with Gasteiger partial charge in [-0.2, -0.15) is 0 Å².